The van der Waals surface area contributed by atoms with Gasteiger partial charge < -0.3 is 19.3 Å². The van der Waals surface area contributed by atoms with Gasteiger partial charge in [0.15, 0.2) is 17.3 Å². The van der Waals surface area contributed by atoms with Gasteiger partial charge in [0.1, 0.15) is 22.1 Å². The van der Waals surface area contributed by atoms with E-state index >= 15 is 0 Å². The van der Waals surface area contributed by atoms with Crippen molar-refractivity contribution in [3.8, 4) is 17.2 Å². The standard InChI is InChI=1S/C16H15ClO6/c1-7-4-8(18)5-11(22-3)16(7)15(20)12-10(21-2)6-9(19)13(17)14(12)23-16/h5-7,19H,4H2,1-3H3/t7-,16-/m0/s1. The first kappa shape index (κ1) is 15.7. The molecule has 1 aliphatic carbocycles. The molecule has 7 heteroatoms. The van der Waals surface area contributed by atoms with Gasteiger partial charge >= 0.3 is 0 Å². The minimum atomic E-state index is -1.48. The van der Waals surface area contributed by atoms with Crippen LogP contribution in [0.25, 0.3) is 0 Å². The lowest BCUT2D eigenvalue weighted by Crippen LogP contribution is -2.51. The van der Waals surface area contributed by atoms with Crippen molar-refractivity contribution in [2.24, 2.45) is 5.92 Å². The number of carbonyl (C=O) groups excluding carboxylic acids is 2. The molecular weight excluding hydrogens is 324 g/mol. The van der Waals surface area contributed by atoms with E-state index in [0.29, 0.717) is 0 Å². The van der Waals surface area contributed by atoms with Crippen LogP contribution in [0.15, 0.2) is 17.9 Å². The number of ether oxygens (including phenoxy) is 3. The Morgan fingerprint density at radius 3 is 2.65 bits per heavy atom. The average molecular weight is 339 g/mol. The second-order valence-electron chi connectivity index (χ2n) is 5.57. The molecule has 3 rings (SSSR count). The van der Waals surface area contributed by atoms with Crippen molar-refractivity contribution in [1.82, 2.24) is 0 Å². The first-order valence-corrected chi connectivity index (χ1v) is 7.36. The van der Waals surface area contributed by atoms with Crippen molar-refractivity contribution in [3.05, 3.63) is 28.5 Å². The number of hydrogen-bond acceptors (Lipinski definition) is 6. The zero-order valence-electron chi connectivity index (χ0n) is 12.8. The lowest BCUT2D eigenvalue weighted by molar-refractivity contribution is -0.118. The van der Waals surface area contributed by atoms with Crippen LogP contribution in [0, 0.1) is 5.92 Å². The molecule has 6 nitrogen and oxygen atoms in total. The first-order valence-electron chi connectivity index (χ1n) is 6.99. The summed E-state index contributed by atoms with van der Waals surface area (Å²) >= 11 is 6.09. The fourth-order valence-electron chi connectivity index (χ4n) is 3.16. The number of aromatic hydroxyl groups is 1. The van der Waals surface area contributed by atoms with Crippen LogP contribution in [0.5, 0.6) is 17.2 Å². The smallest absolute Gasteiger partial charge is 0.231 e. The maximum Gasteiger partial charge on any atom is 0.231 e. The predicted octanol–water partition coefficient (Wildman–Crippen LogP) is 2.51. The van der Waals surface area contributed by atoms with Crippen LogP contribution in [0.3, 0.4) is 0 Å². The molecule has 0 amide bonds. The molecule has 1 heterocycles. The summed E-state index contributed by atoms with van der Waals surface area (Å²) in [7, 11) is 2.75. The van der Waals surface area contributed by atoms with Gasteiger partial charge in [0.2, 0.25) is 11.4 Å². The Balaban J connectivity index is 2.26. The van der Waals surface area contributed by atoms with E-state index in [9.17, 15) is 14.7 Å². The fraction of sp³-hybridized carbons (Fsp3) is 0.375. The molecule has 122 valence electrons. The number of rotatable bonds is 2. The minimum Gasteiger partial charge on any atom is -0.506 e. The lowest BCUT2D eigenvalue weighted by atomic mass is 9.75. The largest absolute Gasteiger partial charge is 0.506 e. The molecule has 1 spiro atoms. The molecule has 2 atom stereocenters. The molecule has 1 aromatic carbocycles. The second kappa shape index (κ2) is 5.16. The van der Waals surface area contributed by atoms with Gasteiger partial charge in [0.05, 0.1) is 14.2 Å². The van der Waals surface area contributed by atoms with Crippen LogP contribution >= 0.6 is 11.6 Å². The quantitative estimate of drug-likeness (QED) is 0.892. The zero-order chi connectivity index (χ0) is 16.9. The van der Waals surface area contributed by atoms with E-state index in [1.165, 1.54) is 26.4 Å². The second-order valence-corrected chi connectivity index (χ2v) is 5.95. The summed E-state index contributed by atoms with van der Waals surface area (Å²) in [6.07, 6.45) is 1.41. The highest BCUT2D eigenvalue weighted by molar-refractivity contribution is 6.35. The minimum absolute atomic E-state index is 0.0395. The van der Waals surface area contributed by atoms with E-state index in [2.05, 4.69) is 0 Å². The molecular formula is C16H15ClO6. The number of hydrogen-bond donors (Lipinski definition) is 1. The number of halogens is 1. The Kier molecular flexibility index (Phi) is 3.52. The Bertz CT molecular complexity index is 753. The number of Topliss-reactive ketones (excluding diaryl/α,β-unsaturated/α-hetero) is 1. The van der Waals surface area contributed by atoms with E-state index < -0.39 is 17.3 Å². The van der Waals surface area contributed by atoms with Crippen molar-refractivity contribution >= 4 is 23.2 Å². The Hall–Kier alpha value is -2.21. The highest BCUT2D eigenvalue weighted by Crippen LogP contribution is 2.54. The van der Waals surface area contributed by atoms with Crippen LogP contribution in [0.4, 0.5) is 0 Å². The van der Waals surface area contributed by atoms with Crippen LogP contribution in [0.1, 0.15) is 23.7 Å². The van der Waals surface area contributed by atoms with Gasteiger partial charge in [-0.1, -0.05) is 18.5 Å². The highest BCUT2D eigenvalue weighted by atomic mass is 35.5. The first-order chi connectivity index (χ1) is 10.9. The highest BCUT2D eigenvalue weighted by Gasteiger charge is 2.59. The molecule has 1 aliphatic heterocycles. The van der Waals surface area contributed by atoms with E-state index in [1.54, 1.807) is 6.92 Å². The Morgan fingerprint density at radius 2 is 2.04 bits per heavy atom. The molecule has 0 fully saturated rings. The summed E-state index contributed by atoms with van der Waals surface area (Å²) in [4.78, 5) is 24.9. The van der Waals surface area contributed by atoms with Gasteiger partial charge in [-0.25, -0.2) is 0 Å². The van der Waals surface area contributed by atoms with Crippen molar-refractivity contribution in [3.63, 3.8) is 0 Å². The third-order valence-corrected chi connectivity index (χ3v) is 4.66. The number of benzene rings is 1. The monoisotopic (exact) mass is 338 g/mol. The van der Waals surface area contributed by atoms with Crippen molar-refractivity contribution < 1.29 is 28.9 Å². The molecule has 2 aliphatic rings. The number of carbonyl (C=O) groups is 2. The molecule has 0 unspecified atom stereocenters. The number of phenolic OH excluding ortho intramolecular Hbond substituents is 1. The number of allylic oxidation sites excluding steroid dienone is 1. The van der Waals surface area contributed by atoms with Crippen molar-refractivity contribution in [2.75, 3.05) is 14.2 Å². The molecule has 0 saturated heterocycles. The molecule has 1 aromatic rings. The molecule has 23 heavy (non-hydrogen) atoms. The number of phenols is 1. The molecule has 0 aromatic heterocycles. The SMILES string of the molecule is COC1=CC(=O)C[C@H](C)[C@]12Oc1c(Cl)c(O)cc(OC)c1C2=O. The zero-order valence-corrected chi connectivity index (χ0v) is 13.6. The lowest BCUT2D eigenvalue weighted by Gasteiger charge is -2.36. The average Bonchev–Trinajstić information content (AvgIpc) is 2.82. The molecule has 1 N–H and O–H groups in total. The maximum atomic E-state index is 13.1. The van der Waals surface area contributed by atoms with Gasteiger partial charge in [-0.3, -0.25) is 9.59 Å². The van der Waals surface area contributed by atoms with E-state index in [-0.39, 0.29) is 45.8 Å². The summed E-state index contributed by atoms with van der Waals surface area (Å²) in [5.41, 5.74) is -1.34. The van der Waals surface area contributed by atoms with Gasteiger partial charge in [0.25, 0.3) is 0 Å². The molecule has 0 saturated carbocycles. The molecule has 0 radical (unpaired) electrons. The van der Waals surface area contributed by atoms with Crippen molar-refractivity contribution in [1.29, 1.82) is 0 Å². The van der Waals surface area contributed by atoms with Gasteiger partial charge in [-0.2, -0.15) is 0 Å². The third kappa shape index (κ3) is 1.94. The normalized spacial score (nSPS) is 25.9. The van der Waals surface area contributed by atoms with E-state index in [4.69, 9.17) is 25.8 Å². The summed E-state index contributed by atoms with van der Waals surface area (Å²) in [5.74, 6) is -0.944. The summed E-state index contributed by atoms with van der Waals surface area (Å²) in [6, 6.07) is 1.26. The summed E-state index contributed by atoms with van der Waals surface area (Å²) < 4.78 is 16.3. The Labute approximate surface area is 137 Å². The van der Waals surface area contributed by atoms with Crippen LogP contribution in [-0.2, 0) is 9.53 Å². The number of ketones is 2. The fourth-order valence-corrected chi connectivity index (χ4v) is 3.35. The number of methoxy groups -OCH3 is 2. The van der Waals surface area contributed by atoms with Crippen LogP contribution in [-0.4, -0.2) is 36.5 Å². The van der Waals surface area contributed by atoms with E-state index in [0.717, 1.165) is 0 Å². The summed E-state index contributed by atoms with van der Waals surface area (Å²) in [5, 5.41) is 9.82. The van der Waals surface area contributed by atoms with Crippen LogP contribution < -0.4 is 9.47 Å². The Morgan fingerprint density at radius 1 is 1.35 bits per heavy atom. The summed E-state index contributed by atoms with van der Waals surface area (Å²) in [6.45, 7) is 1.73. The maximum absolute atomic E-state index is 13.1. The predicted molar refractivity (Wildman–Crippen MR) is 81.2 cm³/mol. The van der Waals surface area contributed by atoms with Gasteiger partial charge in [-0.05, 0) is 0 Å². The topological polar surface area (TPSA) is 82.1 Å². The third-order valence-electron chi connectivity index (χ3n) is 4.29. The van der Waals surface area contributed by atoms with Gasteiger partial charge in [-0.15, -0.1) is 0 Å². The van der Waals surface area contributed by atoms with E-state index in [1.807, 2.05) is 0 Å². The molecule has 0 bridgehead atoms. The van der Waals surface area contributed by atoms with Crippen molar-refractivity contribution in [2.45, 2.75) is 18.9 Å². The van der Waals surface area contributed by atoms with Crippen LogP contribution in [0.2, 0.25) is 5.02 Å². The van der Waals surface area contributed by atoms with Gasteiger partial charge in [0, 0.05) is 24.5 Å². The number of fused-ring (bicyclic) bond motifs is 1.